The molecule has 2 heterocycles. The molecule has 182 valence electrons. The Bertz CT molecular complexity index is 1160. The fourth-order valence-electron chi connectivity index (χ4n) is 4.60. The molecule has 3 atom stereocenters. The first kappa shape index (κ1) is 24.3. The summed E-state index contributed by atoms with van der Waals surface area (Å²) in [6.45, 7) is 4.73. The molecule has 0 aliphatic carbocycles. The van der Waals surface area contributed by atoms with E-state index in [1.807, 2.05) is 38.1 Å². The van der Waals surface area contributed by atoms with Crippen molar-refractivity contribution in [3.63, 3.8) is 0 Å². The molecule has 2 aliphatic heterocycles. The number of benzene rings is 2. The van der Waals surface area contributed by atoms with Gasteiger partial charge in [-0.1, -0.05) is 24.3 Å². The van der Waals surface area contributed by atoms with Crippen molar-refractivity contribution < 1.29 is 22.7 Å². The van der Waals surface area contributed by atoms with Crippen LogP contribution in [0.15, 0.2) is 53.4 Å². The van der Waals surface area contributed by atoms with Gasteiger partial charge in [-0.05, 0) is 55.7 Å². The second-order valence-corrected chi connectivity index (χ2v) is 10.9. The Kier molecular flexibility index (Phi) is 7.04. The summed E-state index contributed by atoms with van der Waals surface area (Å²) >= 11 is 0. The number of hydrogen-bond acceptors (Lipinski definition) is 6. The number of primary amides is 1. The van der Waals surface area contributed by atoms with Crippen molar-refractivity contribution in [2.45, 2.75) is 50.0 Å². The Morgan fingerprint density at radius 3 is 2.26 bits per heavy atom. The highest BCUT2D eigenvalue weighted by Gasteiger charge is 2.33. The zero-order chi connectivity index (χ0) is 24.5. The van der Waals surface area contributed by atoms with Gasteiger partial charge in [0.1, 0.15) is 0 Å². The van der Waals surface area contributed by atoms with Crippen LogP contribution in [0, 0.1) is 0 Å². The first-order valence-electron chi connectivity index (χ1n) is 11.3. The highest BCUT2D eigenvalue weighted by molar-refractivity contribution is 7.89. The van der Waals surface area contributed by atoms with Gasteiger partial charge in [0.05, 0.1) is 29.7 Å². The van der Waals surface area contributed by atoms with Gasteiger partial charge in [-0.15, -0.1) is 0 Å². The standard InChI is InChI=1S/C24H30N4O5S/c1-16-12-28(13-17(2)33-16)34(31,32)21-9-7-20(8-10-21)26-23(29)15-27-14-19-6-4-3-5-18(19)11-22(27)24(25)30/h3-10,16-17,22H,11-15H2,1-2H3,(H2,25,30)(H,26,29). The molecule has 3 N–H and O–H groups in total. The van der Waals surface area contributed by atoms with Crippen molar-refractivity contribution in [3.8, 4) is 0 Å². The van der Waals surface area contributed by atoms with Crippen LogP contribution in [0.3, 0.4) is 0 Å². The number of carbonyl (C=O) groups is 2. The fraction of sp³-hybridized carbons (Fsp3) is 0.417. The molecule has 2 amide bonds. The van der Waals surface area contributed by atoms with Crippen molar-refractivity contribution in [1.29, 1.82) is 0 Å². The van der Waals surface area contributed by atoms with Crippen molar-refractivity contribution in [3.05, 3.63) is 59.7 Å². The largest absolute Gasteiger partial charge is 0.373 e. The molecule has 0 radical (unpaired) electrons. The molecule has 2 aliphatic rings. The lowest BCUT2D eigenvalue weighted by Crippen LogP contribution is -2.50. The van der Waals surface area contributed by atoms with Gasteiger partial charge in [-0.25, -0.2) is 8.42 Å². The van der Waals surface area contributed by atoms with E-state index in [-0.39, 0.29) is 29.6 Å². The molecule has 1 fully saturated rings. The summed E-state index contributed by atoms with van der Waals surface area (Å²) in [6, 6.07) is 13.3. The monoisotopic (exact) mass is 486 g/mol. The van der Waals surface area contributed by atoms with Gasteiger partial charge in [0.25, 0.3) is 0 Å². The topological polar surface area (TPSA) is 122 Å². The number of rotatable bonds is 6. The zero-order valence-corrected chi connectivity index (χ0v) is 20.1. The lowest BCUT2D eigenvalue weighted by molar-refractivity contribution is -0.125. The van der Waals surface area contributed by atoms with Crippen LogP contribution in [0.2, 0.25) is 0 Å². The number of nitrogens with two attached hydrogens (primary N) is 1. The number of amides is 2. The second kappa shape index (κ2) is 9.83. The van der Waals surface area contributed by atoms with Gasteiger partial charge < -0.3 is 15.8 Å². The van der Waals surface area contributed by atoms with Gasteiger partial charge >= 0.3 is 0 Å². The third-order valence-electron chi connectivity index (χ3n) is 6.18. The molecule has 10 heteroatoms. The van der Waals surface area contributed by atoms with Gasteiger partial charge in [-0.3, -0.25) is 14.5 Å². The SMILES string of the molecule is CC1CN(S(=O)(=O)c2ccc(NC(=O)CN3Cc4ccccc4CC3C(N)=O)cc2)CC(C)O1. The minimum Gasteiger partial charge on any atom is -0.373 e. The average Bonchev–Trinajstić information content (AvgIpc) is 2.78. The number of morpholine rings is 1. The number of fused-ring (bicyclic) bond motifs is 1. The first-order chi connectivity index (χ1) is 16.1. The molecule has 0 bridgehead atoms. The van der Waals surface area contributed by atoms with Crippen LogP contribution in [0.5, 0.6) is 0 Å². The summed E-state index contributed by atoms with van der Waals surface area (Å²) in [5, 5.41) is 2.78. The summed E-state index contributed by atoms with van der Waals surface area (Å²) in [5.74, 6) is -0.777. The number of hydrogen-bond donors (Lipinski definition) is 2. The van der Waals surface area contributed by atoms with E-state index >= 15 is 0 Å². The molecule has 0 saturated carbocycles. The third kappa shape index (κ3) is 5.30. The van der Waals surface area contributed by atoms with E-state index in [9.17, 15) is 18.0 Å². The summed E-state index contributed by atoms with van der Waals surface area (Å²) < 4.78 is 33.1. The van der Waals surface area contributed by atoms with E-state index < -0.39 is 22.0 Å². The van der Waals surface area contributed by atoms with Crippen LogP contribution in [0.25, 0.3) is 0 Å². The molecule has 1 saturated heterocycles. The molecule has 3 unspecified atom stereocenters. The summed E-state index contributed by atoms with van der Waals surface area (Å²) in [6.07, 6.45) is 0.107. The van der Waals surface area contributed by atoms with E-state index in [1.165, 1.54) is 16.4 Å². The van der Waals surface area contributed by atoms with Crippen LogP contribution in [-0.2, 0) is 37.3 Å². The van der Waals surface area contributed by atoms with Crippen molar-refractivity contribution in [2.75, 3.05) is 25.0 Å². The van der Waals surface area contributed by atoms with E-state index in [4.69, 9.17) is 10.5 Å². The second-order valence-electron chi connectivity index (χ2n) is 8.95. The van der Waals surface area contributed by atoms with E-state index in [2.05, 4.69) is 5.32 Å². The lowest BCUT2D eigenvalue weighted by atomic mass is 9.93. The van der Waals surface area contributed by atoms with E-state index in [0.717, 1.165) is 11.1 Å². The predicted octanol–water partition coefficient (Wildman–Crippen LogP) is 1.34. The van der Waals surface area contributed by atoms with Crippen LogP contribution in [0.4, 0.5) is 5.69 Å². The molecule has 4 rings (SSSR count). The summed E-state index contributed by atoms with van der Waals surface area (Å²) in [7, 11) is -3.66. The Hall–Kier alpha value is -2.79. The summed E-state index contributed by atoms with van der Waals surface area (Å²) in [4.78, 5) is 26.6. The maximum atomic E-state index is 13.0. The van der Waals surface area contributed by atoms with Crippen LogP contribution in [-0.4, -0.2) is 67.3 Å². The molecule has 0 spiro atoms. The van der Waals surface area contributed by atoms with Crippen molar-refractivity contribution in [2.24, 2.45) is 5.73 Å². The Morgan fingerprint density at radius 1 is 1.03 bits per heavy atom. The highest BCUT2D eigenvalue weighted by atomic mass is 32.2. The van der Waals surface area contributed by atoms with Crippen LogP contribution in [0.1, 0.15) is 25.0 Å². The number of anilines is 1. The Labute approximate surface area is 199 Å². The third-order valence-corrected chi connectivity index (χ3v) is 8.03. The highest BCUT2D eigenvalue weighted by Crippen LogP contribution is 2.24. The van der Waals surface area contributed by atoms with Gasteiger partial charge in [-0.2, -0.15) is 4.31 Å². The maximum absolute atomic E-state index is 13.0. The number of nitrogens with one attached hydrogen (secondary N) is 1. The zero-order valence-electron chi connectivity index (χ0n) is 19.3. The Morgan fingerprint density at radius 2 is 1.65 bits per heavy atom. The van der Waals surface area contributed by atoms with Gasteiger partial charge in [0.2, 0.25) is 21.8 Å². The maximum Gasteiger partial charge on any atom is 0.243 e. The molecule has 0 aromatic heterocycles. The lowest BCUT2D eigenvalue weighted by Gasteiger charge is -2.34. The van der Waals surface area contributed by atoms with Gasteiger partial charge in [0, 0.05) is 25.3 Å². The number of nitrogens with zero attached hydrogens (tertiary/aromatic N) is 2. The molecular weight excluding hydrogens is 456 g/mol. The number of sulfonamides is 1. The van der Waals surface area contributed by atoms with Crippen molar-refractivity contribution in [1.82, 2.24) is 9.21 Å². The minimum atomic E-state index is -3.66. The van der Waals surface area contributed by atoms with Gasteiger partial charge in [0.15, 0.2) is 0 Å². The molecule has 9 nitrogen and oxygen atoms in total. The minimum absolute atomic E-state index is 0.00839. The quantitative estimate of drug-likeness (QED) is 0.635. The fourth-order valence-corrected chi connectivity index (χ4v) is 6.19. The summed E-state index contributed by atoms with van der Waals surface area (Å²) in [5.41, 5.74) is 8.19. The molecular formula is C24H30N4O5S. The normalized spacial score (nSPS) is 23.8. The molecule has 34 heavy (non-hydrogen) atoms. The van der Waals surface area contributed by atoms with Crippen molar-refractivity contribution >= 4 is 27.5 Å². The smallest absolute Gasteiger partial charge is 0.243 e. The predicted molar refractivity (Wildman–Crippen MR) is 127 cm³/mol. The Balaban J connectivity index is 1.41. The first-order valence-corrected chi connectivity index (χ1v) is 12.7. The van der Waals surface area contributed by atoms with Crippen LogP contribution < -0.4 is 11.1 Å². The molecule has 2 aromatic carbocycles. The number of ether oxygens (including phenoxy) is 1. The number of carbonyl (C=O) groups excluding carboxylic acids is 2. The average molecular weight is 487 g/mol. The molecule has 2 aromatic rings. The van der Waals surface area contributed by atoms with E-state index in [1.54, 1.807) is 17.0 Å². The van der Waals surface area contributed by atoms with Crippen LogP contribution >= 0.6 is 0 Å². The van der Waals surface area contributed by atoms with E-state index in [0.29, 0.717) is 31.7 Å².